The van der Waals surface area contributed by atoms with Crippen molar-refractivity contribution < 1.29 is 0 Å². The molecule has 2 heterocycles. The van der Waals surface area contributed by atoms with E-state index in [4.69, 9.17) is 0 Å². The molecule has 0 nitrogen and oxygen atoms in total. The molecule has 2 saturated heterocycles. The molecule has 0 aromatic rings. The summed E-state index contributed by atoms with van der Waals surface area (Å²) in [4.78, 5) is 0. The van der Waals surface area contributed by atoms with E-state index < -0.39 is 16.1 Å². The van der Waals surface area contributed by atoms with Crippen LogP contribution < -0.4 is 0 Å². The van der Waals surface area contributed by atoms with E-state index in [0.29, 0.717) is 3.42 Å². The molecule has 2 aliphatic heterocycles. The van der Waals surface area contributed by atoms with Crippen LogP contribution in [0.5, 0.6) is 0 Å². The Labute approximate surface area is 162 Å². The molecule has 5 atom stereocenters. The summed E-state index contributed by atoms with van der Waals surface area (Å²) in [5.74, 6) is 1.09. The molecule has 0 amide bonds. The van der Waals surface area contributed by atoms with Crippen molar-refractivity contribution in [1.82, 2.24) is 0 Å². The van der Waals surface area contributed by atoms with E-state index in [1.54, 1.807) is 24.6 Å². The van der Waals surface area contributed by atoms with Gasteiger partial charge in [0.1, 0.15) is 0 Å². The van der Waals surface area contributed by atoms with Crippen molar-refractivity contribution in [3.8, 4) is 0 Å². The van der Waals surface area contributed by atoms with Gasteiger partial charge in [0.2, 0.25) is 0 Å². The third-order valence-electron chi connectivity index (χ3n) is 6.63. The predicted octanol–water partition coefficient (Wildman–Crippen LogP) is 7.36. The lowest BCUT2D eigenvalue weighted by molar-refractivity contribution is 0.576. The van der Waals surface area contributed by atoms with E-state index in [1.165, 1.54) is 12.8 Å². The van der Waals surface area contributed by atoms with E-state index in [0.717, 1.165) is 20.9 Å². The van der Waals surface area contributed by atoms with Gasteiger partial charge >= 0.3 is 0 Å². The fourth-order valence-electron chi connectivity index (χ4n) is 5.93. The van der Waals surface area contributed by atoms with Crippen LogP contribution in [0.1, 0.15) is 40.0 Å². The van der Waals surface area contributed by atoms with Gasteiger partial charge in [0.15, 0.2) is 0 Å². The van der Waals surface area contributed by atoms with Gasteiger partial charge in [0, 0.05) is 7.35 Å². The second kappa shape index (κ2) is 6.66. The van der Waals surface area contributed by atoms with Crippen molar-refractivity contribution in [1.29, 1.82) is 0 Å². The first-order chi connectivity index (χ1) is 9.46. The summed E-state index contributed by atoms with van der Waals surface area (Å²) >= 11 is 5.46. The zero-order chi connectivity index (χ0) is 16.1. The van der Waals surface area contributed by atoms with Crippen molar-refractivity contribution in [2.75, 3.05) is 0 Å². The maximum absolute atomic E-state index is 2.76. The molecule has 21 heavy (non-hydrogen) atoms. The van der Waals surface area contributed by atoms with Gasteiger partial charge < -0.3 is 0 Å². The van der Waals surface area contributed by atoms with Crippen molar-refractivity contribution >= 4 is 61.3 Å². The minimum atomic E-state index is -1.03. The monoisotopic (exact) mass is 548 g/mol. The van der Waals surface area contributed by atoms with Crippen molar-refractivity contribution in [2.24, 2.45) is 5.92 Å². The average molecular weight is 548 g/mol. The summed E-state index contributed by atoms with van der Waals surface area (Å²) in [5, 5.41) is 0. The highest BCUT2D eigenvalue weighted by molar-refractivity contribution is 14.1. The van der Waals surface area contributed by atoms with Crippen molar-refractivity contribution in [3.05, 3.63) is 0 Å². The maximum atomic E-state index is 2.76. The van der Waals surface area contributed by atoms with E-state index in [9.17, 15) is 0 Å². The lowest BCUT2D eigenvalue weighted by Crippen LogP contribution is -2.41. The Balaban J connectivity index is 2.08. The molecule has 0 aromatic carbocycles. The summed E-state index contributed by atoms with van der Waals surface area (Å²) in [7, 11) is -1.99. The molecule has 0 aromatic heterocycles. The minimum Gasteiger partial charge on any atom is -0.0829 e. The zero-order valence-corrected chi connectivity index (χ0v) is 21.1. The Morgan fingerprint density at radius 1 is 1.24 bits per heavy atom. The highest BCUT2D eigenvalue weighted by Crippen LogP contribution is 2.56. The molecular formula is C17H34I2Si2. The highest BCUT2D eigenvalue weighted by atomic mass is 127. The van der Waals surface area contributed by atoms with Gasteiger partial charge in [0.25, 0.3) is 0 Å². The van der Waals surface area contributed by atoms with Crippen LogP contribution in [0.4, 0.5) is 0 Å². The Hall–Kier alpha value is 1.89. The first kappa shape index (κ1) is 19.2. The second-order valence-corrected chi connectivity index (χ2v) is 24.2. The summed E-state index contributed by atoms with van der Waals surface area (Å²) in [6.45, 7) is 15.6. The van der Waals surface area contributed by atoms with Crippen molar-refractivity contribution in [3.63, 3.8) is 0 Å². The molecule has 0 saturated carbocycles. The lowest BCUT2D eigenvalue weighted by atomic mass is 10.1. The first-order valence-electron chi connectivity index (χ1n) is 8.79. The topological polar surface area (TPSA) is 0 Å². The number of halogens is 2. The van der Waals surface area contributed by atoms with E-state index in [1.807, 2.05) is 0 Å². The predicted molar refractivity (Wildman–Crippen MR) is 120 cm³/mol. The van der Waals surface area contributed by atoms with Crippen molar-refractivity contribution in [2.45, 2.75) is 96.2 Å². The van der Waals surface area contributed by atoms with E-state index >= 15 is 0 Å². The van der Waals surface area contributed by atoms with Gasteiger partial charge in [-0.1, -0.05) is 117 Å². The molecule has 0 radical (unpaired) electrons. The number of hydrogen-bond donors (Lipinski definition) is 0. The fraction of sp³-hybridized carbons (Fsp3) is 1.00. The molecule has 0 aliphatic carbocycles. The maximum Gasteiger partial charge on any atom is 0.0551 e. The molecule has 2 fully saturated rings. The number of hydrogen-bond acceptors (Lipinski definition) is 0. The highest BCUT2D eigenvalue weighted by Gasteiger charge is 2.51. The smallest absolute Gasteiger partial charge is 0.0551 e. The van der Waals surface area contributed by atoms with Crippen LogP contribution >= 0.6 is 45.2 Å². The Morgan fingerprint density at radius 2 is 1.86 bits per heavy atom. The van der Waals surface area contributed by atoms with Gasteiger partial charge in [-0.3, -0.25) is 0 Å². The molecular weight excluding hydrogens is 514 g/mol. The van der Waals surface area contributed by atoms with Gasteiger partial charge in [-0.15, -0.1) is 0 Å². The van der Waals surface area contributed by atoms with Crippen LogP contribution in [0.2, 0.25) is 48.9 Å². The van der Waals surface area contributed by atoms with Gasteiger partial charge in [-0.25, -0.2) is 0 Å². The van der Waals surface area contributed by atoms with Crippen LogP contribution in [0.25, 0.3) is 0 Å². The Kier molecular flexibility index (Phi) is 6.09. The van der Waals surface area contributed by atoms with E-state index in [-0.39, 0.29) is 0 Å². The fourth-order valence-corrected chi connectivity index (χ4v) is 22.4. The lowest BCUT2D eigenvalue weighted by Gasteiger charge is -2.39. The molecule has 0 spiro atoms. The minimum absolute atomic E-state index is 0.525. The zero-order valence-electron chi connectivity index (χ0n) is 14.8. The average Bonchev–Trinajstić information content (AvgIpc) is 2.78. The van der Waals surface area contributed by atoms with Gasteiger partial charge in [-0.05, 0) is 23.4 Å². The first-order valence-corrected chi connectivity index (χ1v) is 17.4. The van der Waals surface area contributed by atoms with Gasteiger partial charge in [0.05, 0.1) is 16.1 Å². The van der Waals surface area contributed by atoms with Crippen LogP contribution in [-0.2, 0) is 0 Å². The standard InChI is InChI=1S/C17H34I2Si2/c1-13(18)15-10-14(11-20(15,4)5)12-21(6)9-7-8-16(21)17(2,3)19/h13-16H,7-12H2,1-6H3. The Bertz CT molecular complexity index is 375. The summed E-state index contributed by atoms with van der Waals surface area (Å²) in [5.41, 5.74) is 2.14. The molecule has 5 unspecified atom stereocenters. The second-order valence-electron chi connectivity index (χ2n) is 9.45. The quantitative estimate of drug-likeness (QED) is 0.196. The molecule has 0 bridgehead atoms. The summed E-state index contributed by atoms with van der Waals surface area (Å²) in [6.07, 6.45) is 4.62. The molecule has 2 rings (SSSR count). The number of rotatable bonds is 4. The van der Waals surface area contributed by atoms with Crippen LogP contribution in [0.15, 0.2) is 0 Å². The Morgan fingerprint density at radius 3 is 2.33 bits per heavy atom. The summed E-state index contributed by atoms with van der Waals surface area (Å²) < 4.78 is 1.42. The molecule has 124 valence electrons. The van der Waals surface area contributed by atoms with Crippen LogP contribution in [0.3, 0.4) is 0 Å². The largest absolute Gasteiger partial charge is 0.0829 e. The summed E-state index contributed by atoms with van der Waals surface area (Å²) in [6, 6.07) is 4.90. The van der Waals surface area contributed by atoms with E-state index in [2.05, 4.69) is 85.6 Å². The van der Waals surface area contributed by atoms with Crippen LogP contribution in [-0.4, -0.2) is 23.5 Å². The normalized spacial score (nSPS) is 41.4. The van der Waals surface area contributed by atoms with Gasteiger partial charge in [-0.2, -0.15) is 0 Å². The molecule has 2 aliphatic rings. The molecule has 4 heteroatoms. The third-order valence-corrected chi connectivity index (χ3v) is 19.6. The molecule has 0 N–H and O–H groups in total. The number of alkyl halides is 2. The third kappa shape index (κ3) is 4.30. The van der Waals surface area contributed by atoms with Crippen LogP contribution in [0, 0.1) is 5.92 Å². The SMILES string of the molecule is CC(I)C1CC(C[Si]2(C)CCCC2C(C)(C)I)C[Si]1(C)C.